The fraction of sp³-hybridized carbons (Fsp3) is 0.556. The van der Waals surface area contributed by atoms with Gasteiger partial charge < -0.3 is 0 Å². The Labute approximate surface area is 57.3 Å². The Kier molecular flexibility index (Phi) is 1.27. The molecule has 0 aromatic rings. The van der Waals surface area contributed by atoms with Gasteiger partial charge in [-0.3, -0.25) is 0 Å². The third-order valence-corrected chi connectivity index (χ3v) is 2.54. The summed E-state index contributed by atoms with van der Waals surface area (Å²) in [6, 6.07) is 0. The zero-order chi connectivity index (χ0) is 7.07. The highest BCUT2D eigenvalue weighted by atomic mass is 14.5. The second-order valence-corrected chi connectivity index (χ2v) is 3.03. The summed E-state index contributed by atoms with van der Waals surface area (Å²) in [4.78, 5) is 0. The average molecular weight is 122 g/mol. The van der Waals surface area contributed by atoms with Gasteiger partial charge in [0.15, 0.2) is 0 Å². The Morgan fingerprint density at radius 2 is 2.11 bits per heavy atom. The van der Waals surface area contributed by atoms with E-state index in [1.165, 1.54) is 5.57 Å². The van der Waals surface area contributed by atoms with Crippen LogP contribution in [0, 0.1) is 11.3 Å². The standard InChI is InChI=1S/C9H14/c1-5-6-9(4)7(2)8(9)3/h5-6,8H,2H2,1,3-4H3. The zero-order valence-electron chi connectivity index (χ0n) is 6.44. The van der Waals surface area contributed by atoms with Crippen molar-refractivity contribution in [3.63, 3.8) is 0 Å². The molecular weight excluding hydrogens is 108 g/mol. The van der Waals surface area contributed by atoms with Crippen molar-refractivity contribution in [2.24, 2.45) is 11.3 Å². The van der Waals surface area contributed by atoms with Crippen LogP contribution in [0.5, 0.6) is 0 Å². The minimum atomic E-state index is 0.342. The quantitative estimate of drug-likeness (QED) is 0.469. The van der Waals surface area contributed by atoms with Gasteiger partial charge in [0.25, 0.3) is 0 Å². The molecule has 0 amide bonds. The number of hydrogen-bond acceptors (Lipinski definition) is 0. The van der Waals surface area contributed by atoms with Crippen molar-refractivity contribution in [3.05, 3.63) is 24.3 Å². The Hall–Kier alpha value is -0.520. The van der Waals surface area contributed by atoms with Crippen LogP contribution in [0.25, 0.3) is 0 Å². The van der Waals surface area contributed by atoms with E-state index < -0.39 is 0 Å². The van der Waals surface area contributed by atoms with Crippen molar-refractivity contribution in [2.45, 2.75) is 20.8 Å². The van der Waals surface area contributed by atoms with Crippen molar-refractivity contribution < 1.29 is 0 Å². The van der Waals surface area contributed by atoms with Gasteiger partial charge in [0.05, 0.1) is 0 Å². The lowest BCUT2D eigenvalue weighted by molar-refractivity contribution is 0.670. The average Bonchev–Trinajstić information content (AvgIpc) is 2.22. The maximum Gasteiger partial charge on any atom is 0.0126 e. The summed E-state index contributed by atoms with van der Waals surface area (Å²) >= 11 is 0. The van der Waals surface area contributed by atoms with Crippen molar-refractivity contribution in [1.82, 2.24) is 0 Å². The van der Waals surface area contributed by atoms with E-state index in [1.54, 1.807) is 0 Å². The van der Waals surface area contributed by atoms with Crippen molar-refractivity contribution >= 4 is 0 Å². The monoisotopic (exact) mass is 122 g/mol. The molecule has 1 aliphatic carbocycles. The molecule has 0 spiro atoms. The predicted octanol–water partition coefficient (Wildman–Crippen LogP) is 2.77. The van der Waals surface area contributed by atoms with Crippen LogP contribution in [0.1, 0.15) is 20.8 Å². The largest absolute Gasteiger partial charge is 0.0987 e. The lowest BCUT2D eigenvalue weighted by Gasteiger charge is -1.96. The van der Waals surface area contributed by atoms with E-state index in [9.17, 15) is 0 Å². The van der Waals surface area contributed by atoms with E-state index >= 15 is 0 Å². The summed E-state index contributed by atoms with van der Waals surface area (Å²) in [6.07, 6.45) is 4.34. The smallest absolute Gasteiger partial charge is 0.0126 e. The molecule has 0 aromatic heterocycles. The molecule has 1 saturated carbocycles. The predicted molar refractivity (Wildman–Crippen MR) is 41.2 cm³/mol. The molecule has 0 nitrogen and oxygen atoms in total. The fourth-order valence-corrected chi connectivity index (χ4v) is 1.34. The summed E-state index contributed by atoms with van der Waals surface area (Å²) in [5.74, 6) is 0.702. The van der Waals surface area contributed by atoms with Crippen molar-refractivity contribution in [2.75, 3.05) is 0 Å². The van der Waals surface area contributed by atoms with Crippen LogP contribution in [-0.2, 0) is 0 Å². The van der Waals surface area contributed by atoms with Gasteiger partial charge in [-0.1, -0.05) is 38.2 Å². The summed E-state index contributed by atoms with van der Waals surface area (Å²) in [5, 5.41) is 0. The summed E-state index contributed by atoms with van der Waals surface area (Å²) in [5.41, 5.74) is 1.72. The summed E-state index contributed by atoms with van der Waals surface area (Å²) < 4.78 is 0. The van der Waals surface area contributed by atoms with Crippen LogP contribution >= 0.6 is 0 Å². The first kappa shape index (κ1) is 6.60. The van der Waals surface area contributed by atoms with Crippen molar-refractivity contribution in [3.8, 4) is 0 Å². The van der Waals surface area contributed by atoms with Crippen LogP contribution in [0.3, 0.4) is 0 Å². The second kappa shape index (κ2) is 1.73. The first-order chi connectivity index (χ1) is 4.13. The van der Waals surface area contributed by atoms with E-state index in [0.717, 1.165) is 0 Å². The SMILES string of the molecule is C=C1C(C)C1(C)C=CC. The molecule has 1 rings (SSSR count). The normalized spacial score (nSPS) is 42.1. The molecule has 1 aliphatic rings. The van der Waals surface area contributed by atoms with E-state index in [0.29, 0.717) is 11.3 Å². The molecule has 9 heavy (non-hydrogen) atoms. The third kappa shape index (κ3) is 0.735. The lowest BCUT2D eigenvalue weighted by Crippen LogP contribution is -1.88. The molecule has 0 radical (unpaired) electrons. The summed E-state index contributed by atoms with van der Waals surface area (Å²) in [6.45, 7) is 10.5. The minimum absolute atomic E-state index is 0.342. The molecule has 1 fully saturated rings. The highest BCUT2D eigenvalue weighted by molar-refractivity contribution is 5.39. The number of rotatable bonds is 1. The van der Waals surface area contributed by atoms with Gasteiger partial charge in [-0.15, -0.1) is 0 Å². The van der Waals surface area contributed by atoms with Crippen LogP contribution < -0.4 is 0 Å². The van der Waals surface area contributed by atoms with Gasteiger partial charge in [0.2, 0.25) is 0 Å². The molecule has 0 heteroatoms. The van der Waals surface area contributed by atoms with Gasteiger partial charge in [-0.05, 0) is 12.8 Å². The highest BCUT2D eigenvalue weighted by Gasteiger charge is 2.48. The van der Waals surface area contributed by atoms with Gasteiger partial charge in [0.1, 0.15) is 0 Å². The maximum absolute atomic E-state index is 3.97. The maximum atomic E-state index is 3.97. The van der Waals surface area contributed by atoms with E-state index in [1.807, 2.05) is 0 Å². The van der Waals surface area contributed by atoms with E-state index in [4.69, 9.17) is 0 Å². The molecule has 50 valence electrons. The Bertz CT molecular complexity index is 165. The molecule has 0 N–H and O–H groups in total. The highest BCUT2D eigenvalue weighted by Crippen LogP contribution is 2.57. The molecule has 0 aliphatic heterocycles. The minimum Gasteiger partial charge on any atom is -0.0987 e. The molecule has 0 aromatic carbocycles. The summed E-state index contributed by atoms with van der Waals surface area (Å²) in [7, 11) is 0. The van der Waals surface area contributed by atoms with Crippen LogP contribution in [0.2, 0.25) is 0 Å². The van der Waals surface area contributed by atoms with E-state index in [2.05, 4.69) is 39.5 Å². The van der Waals surface area contributed by atoms with E-state index in [-0.39, 0.29) is 0 Å². The van der Waals surface area contributed by atoms with Crippen LogP contribution in [0.4, 0.5) is 0 Å². The fourth-order valence-electron chi connectivity index (χ4n) is 1.34. The molecule has 0 saturated heterocycles. The first-order valence-electron chi connectivity index (χ1n) is 3.46. The number of hydrogen-bond donors (Lipinski definition) is 0. The molecule has 2 unspecified atom stereocenters. The van der Waals surface area contributed by atoms with Crippen molar-refractivity contribution in [1.29, 1.82) is 0 Å². The Balaban J connectivity index is 2.71. The van der Waals surface area contributed by atoms with Gasteiger partial charge in [0, 0.05) is 5.41 Å². The third-order valence-electron chi connectivity index (χ3n) is 2.54. The Morgan fingerprint density at radius 1 is 1.67 bits per heavy atom. The van der Waals surface area contributed by atoms with Gasteiger partial charge in [-0.2, -0.15) is 0 Å². The zero-order valence-corrected chi connectivity index (χ0v) is 6.44. The molecule has 0 heterocycles. The Morgan fingerprint density at radius 3 is 2.22 bits per heavy atom. The van der Waals surface area contributed by atoms with Crippen LogP contribution in [-0.4, -0.2) is 0 Å². The topological polar surface area (TPSA) is 0 Å². The van der Waals surface area contributed by atoms with Gasteiger partial charge >= 0.3 is 0 Å². The molecule has 2 atom stereocenters. The van der Waals surface area contributed by atoms with Crippen LogP contribution in [0.15, 0.2) is 24.3 Å². The number of allylic oxidation sites excluding steroid dienone is 3. The first-order valence-corrected chi connectivity index (χ1v) is 3.46. The molecule has 0 bridgehead atoms. The second-order valence-electron chi connectivity index (χ2n) is 3.03. The lowest BCUT2D eigenvalue weighted by atomic mass is 10.1. The van der Waals surface area contributed by atoms with Gasteiger partial charge in [-0.25, -0.2) is 0 Å². The molecular formula is C9H14.